The first-order valence-corrected chi connectivity index (χ1v) is 11.0. The van der Waals surface area contributed by atoms with E-state index in [1.807, 2.05) is 36.4 Å². The molecule has 1 aliphatic heterocycles. The van der Waals surface area contributed by atoms with Crippen LogP contribution in [-0.2, 0) is 23.1 Å². The van der Waals surface area contributed by atoms with Crippen LogP contribution in [0.4, 0.5) is 0 Å². The number of ether oxygens (including phenoxy) is 2. The number of pyridine rings is 1. The molecule has 158 valence electrons. The van der Waals surface area contributed by atoms with Gasteiger partial charge in [0.25, 0.3) is 0 Å². The lowest BCUT2D eigenvalue weighted by Crippen LogP contribution is -2.23. The lowest BCUT2D eigenvalue weighted by Gasteiger charge is -2.15. The molecular formula is C27H27NO3. The van der Waals surface area contributed by atoms with E-state index < -0.39 is 5.41 Å². The quantitative estimate of drug-likeness (QED) is 0.512. The maximum atomic E-state index is 13.3. The first-order chi connectivity index (χ1) is 15.0. The lowest BCUT2D eigenvalue weighted by molar-refractivity contribution is -0.120. The van der Waals surface area contributed by atoms with Gasteiger partial charge in [0.15, 0.2) is 11.5 Å². The Morgan fingerprint density at radius 1 is 1.00 bits per heavy atom. The summed E-state index contributed by atoms with van der Waals surface area (Å²) < 4.78 is 10.9. The van der Waals surface area contributed by atoms with Gasteiger partial charge in [0.1, 0.15) is 5.78 Å². The summed E-state index contributed by atoms with van der Waals surface area (Å²) in [6, 6.07) is 20.4. The van der Waals surface area contributed by atoms with Gasteiger partial charge in [-0.3, -0.25) is 9.78 Å². The number of nitrogens with zero attached hydrogens (tertiary/aromatic N) is 1. The average molecular weight is 414 g/mol. The van der Waals surface area contributed by atoms with E-state index in [1.54, 1.807) is 0 Å². The molecule has 0 atom stereocenters. The highest BCUT2D eigenvalue weighted by molar-refractivity contribution is 5.94. The predicted octanol–water partition coefficient (Wildman–Crippen LogP) is 5.52. The molecule has 5 rings (SSSR count). The van der Waals surface area contributed by atoms with Crippen LogP contribution in [0.3, 0.4) is 0 Å². The predicted molar refractivity (Wildman–Crippen MR) is 120 cm³/mol. The zero-order chi connectivity index (χ0) is 21.4. The number of Topliss-reactive ketones (excluding diaryl/α,β-unsaturated/α-hetero) is 1. The van der Waals surface area contributed by atoms with Crippen LogP contribution in [0.25, 0.3) is 11.3 Å². The highest BCUT2D eigenvalue weighted by Gasteiger charge is 2.50. The lowest BCUT2D eigenvalue weighted by atomic mass is 9.88. The molecule has 3 aromatic rings. The number of carbonyl (C=O) groups excluding carboxylic acids is 1. The van der Waals surface area contributed by atoms with Crippen molar-refractivity contribution >= 4 is 5.78 Å². The summed E-state index contributed by atoms with van der Waals surface area (Å²) >= 11 is 0. The highest BCUT2D eigenvalue weighted by Crippen LogP contribution is 2.51. The van der Waals surface area contributed by atoms with Crippen molar-refractivity contribution in [2.75, 3.05) is 6.79 Å². The molecule has 0 spiro atoms. The molecule has 1 fully saturated rings. The van der Waals surface area contributed by atoms with Crippen LogP contribution in [0.5, 0.6) is 11.5 Å². The van der Waals surface area contributed by atoms with Gasteiger partial charge in [0.2, 0.25) is 6.79 Å². The van der Waals surface area contributed by atoms with Crippen LogP contribution < -0.4 is 9.47 Å². The van der Waals surface area contributed by atoms with E-state index in [2.05, 4.69) is 38.1 Å². The molecule has 2 aromatic carbocycles. The number of hydrogen-bond acceptors (Lipinski definition) is 4. The third-order valence-corrected chi connectivity index (χ3v) is 6.25. The third-order valence-electron chi connectivity index (χ3n) is 6.25. The zero-order valence-corrected chi connectivity index (χ0v) is 18.1. The second kappa shape index (κ2) is 7.84. The second-order valence-electron chi connectivity index (χ2n) is 9.06. The van der Waals surface area contributed by atoms with Gasteiger partial charge in [-0.15, -0.1) is 0 Å². The molecule has 2 aliphatic rings. The van der Waals surface area contributed by atoms with Gasteiger partial charge >= 0.3 is 0 Å². The zero-order valence-electron chi connectivity index (χ0n) is 18.1. The summed E-state index contributed by atoms with van der Waals surface area (Å²) in [5, 5.41) is 0. The first-order valence-electron chi connectivity index (χ1n) is 11.0. The summed E-state index contributed by atoms with van der Waals surface area (Å²) in [6.45, 7) is 4.70. The van der Waals surface area contributed by atoms with E-state index >= 15 is 0 Å². The topological polar surface area (TPSA) is 48.4 Å². The molecular weight excluding hydrogens is 386 g/mol. The fraction of sp³-hybridized carbons (Fsp3) is 0.333. The minimum absolute atomic E-state index is 0.225. The SMILES string of the molecule is CC(C)Cc1ccc(-c2cccc(CC(=O)C3(c4ccc5c(c4)OCO5)CC3)n2)cc1. The summed E-state index contributed by atoms with van der Waals surface area (Å²) in [5.74, 6) is 2.35. The van der Waals surface area contributed by atoms with Crippen molar-refractivity contribution in [3.05, 3.63) is 77.5 Å². The molecule has 2 heterocycles. The number of benzene rings is 2. The molecule has 1 aromatic heterocycles. The molecule has 1 saturated carbocycles. The molecule has 1 aliphatic carbocycles. The number of carbonyl (C=O) groups is 1. The Hall–Kier alpha value is -3.14. The molecule has 0 unspecified atom stereocenters. The summed E-state index contributed by atoms with van der Waals surface area (Å²) in [7, 11) is 0. The van der Waals surface area contributed by atoms with Crippen molar-refractivity contribution in [1.29, 1.82) is 0 Å². The Bertz CT molecular complexity index is 1110. The minimum Gasteiger partial charge on any atom is -0.454 e. The molecule has 0 bridgehead atoms. The van der Waals surface area contributed by atoms with Crippen molar-refractivity contribution in [2.45, 2.75) is 44.9 Å². The Balaban J connectivity index is 1.33. The van der Waals surface area contributed by atoms with Crippen molar-refractivity contribution in [1.82, 2.24) is 4.98 Å². The number of rotatable bonds is 7. The van der Waals surface area contributed by atoms with Gasteiger partial charge in [-0.1, -0.05) is 50.2 Å². The highest BCUT2D eigenvalue weighted by atomic mass is 16.7. The molecule has 4 nitrogen and oxygen atoms in total. The van der Waals surface area contributed by atoms with Crippen LogP contribution in [0.2, 0.25) is 0 Å². The van der Waals surface area contributed by atoms with Crippen molar-refractivity contribution in [3.63, 3.8) is 0 Å². The van der Waals surface area contributed by atoms with Gasteiger partial charge in [-0.2, -0.15) is 0 Å². The van der Waals surface area contributed by atoms with Crippen LogP contribution in [0, 0.1) is 5.92 Å². The van der Waals surface area contributed by atoms with E-state index in [-0.39, 0.29) is 12.6 Å². The van der Waals surface area contributed by atoms with Crippen LogP contribution in [-0.4, -0.2) is 17.6 Å². The van der Waals surface area contributed by atoms with E-state index in [1.165, 1.54) is 5.56 Å². The van der Waals surface area contributed by atoms with Crippen molar-refractivity contribution < 1.29 is 14.3 Å². The number of aromatic nitrogens is 1. The first kappa shape index (κ1) is 19.8. The number of fused-ring (bicyclic) bond motifs is 1. The smallest absolute Gasteiger partial charge is 0.231 e. The maximum Gasteiger partial charge on any atom is 0.231 e. The number of ketones is 1. The van der Waals surface area contributed by atoms with Gasteiger partial charge < -0.3 is 9.47 Å². The third kappa shape index (κ3) is 3.95. The Morgan fingerprint density at radius 2 is 1.77 bits per heavy atom. The Kier molecular flexibility index (Phi) is 5.01. The fourth-order valence-electron chi connectivity index (χ4n) is 4.40. The monoisotopic (exact) mass is 413 g/mol. The van der Waals surface area contributed by atoms with Gasteiger partial charge in [-0.25, -0.2) is 0 Å². The standard InChI is InChI=1S/C27H27NO3/c1-18(2)14-19-6-8-20(9-7-19)23-5-3-4-22(28-23)16-26(29)27(12-13-27)21-10-11-24-25(15-21)31-17-30-24/h3-11,15,18H,12-14,16-17H2,1-2H3. The Morgan fingerprint density at radius 3 is 2.52 bits per heavy atom. The van der Waals surface area contributed by atoms with Crippen molar-refractivity contribution in [3.8, 4) is 22.8 Å². The van der Waals surface area contributed by atoms with Gasteiger partial charge in [0, 0.05) is 17.7 Å². The summed E-state index contributed by atoms with van der Waals surface area (Å²) in [4.78, 5) is 18.1. The average Bonchev–Trinajstić information content (AvgIpc) is 3.45. The normalized spacial score (nSPS) is 15.8. The largest absolute Gasteiger partial charge is 0.454 e. The van der Waals surface area contributed by atoms with Crippen LogP contribution in [0.1, 0.15) is 43.5 Å². The molecule has 0 N–H and O–H groups in total. The minimum atomic E-state index is -0.406. The van der Waals surface area contributed by atoms with Gasteiger partial charge in [-0.05, 0) is 60.6 Å². The maximum absolute atomic E-state index is 13.3. The molecule has 0 radical (unpaired) electrons. The van der Waals surface area contributed by atoms with Gasteiger partial charge in [0.05, 0.1) is 11.1 Å². The molecule has 0 saturated heterocycles. The van der Waals surface area contributed by atoms with E-state index in [9.17, 15) is 4.79 Å². The summed E-state index contributed by atoms with van der Waals surface area (Å²) in [5.41, 5.74) is 4.77. The second-order valence-corrected chi connectivity index (χ2v) is 9.06. The van der Waals surface area contributed by atoms with Crippen LogP contribution in [0.15, 0.2) is 60.7 Å². The molecule has 0 amide bonds. The molecule has 4 heteroatoms. The fourth-order valence-corrected chi connectivity index (χ4v) is 4.40. The Labute approximate surface area is 183 Å². The summed E-state index contributed by atoms with van der Waals surface area (Å²) in [6.07, 6.45) is 3.17. The molecule has 31 heavy (non-hydrogen) atoms. The van der Waals surface area contributed by atoms with Crippen molar-refractivity contribution in [2.24, 2.45) is 5.92 Å². The van der Waals surface area contributed by atoms with Crippen LogP contribution >= 0.6 is 0 Å². The van der Waals surface area contributed by atoms with E-state index in [0.717, 1.165) is 53.3 Å². The number of hydrogen-bond donors (Lipinski definition) is 0. The van der Waals surface area contributed by atoms with E-state index in [4.69, 9.17) is 14.5 Å². The van der Waals surface area contributed by atoms with E-state index in [0.29, 0.717) is 12.3 Å².